The van der Waals surface area contributed by atoms with E-state index in [1.54, 1.807) is 0 Å². The van der Waals surface area contributed by atoms with Crippen LogP contribution in [0.5, 0.6) is 0 Å². The molecule has 1 aliphatic carbocycles. The standard InChI is InChI=1S/C12H20N4O2/c13-6-2-8-15-12(18)9-14-7-1-3-11(17)16-10-4-5-10/h10,14H,1-5,7-9H2,(H,15,18)(H,16,17). The predicted octanol–water partition coefficient (Wildman–Crippen LogP) is -0.335. The van der Waals surface area contributed by atoms with Crippen LogP contribution in [0.15, 0.2) is 0 Å². The number of rotatable bonds is 9. The van der Waals surface area contributed by atoms with Gasteiger partial charge in [-0.2, -0.15) is 5.26 Å². The van der Waals surface area contributed by atoms with Crippen LogP contribution in [-0.2, 0) is 9.59 Å². The summed E-state index contributed by atoms with van der Waals surface area (Å²) in [7, 11) is 0. The molecule has 18 heavy (non-hydrogen) atoms. The van der Waals surface area contributed by atoms with E-state index in [1.165, 1.54) is 0 Å². The molecule has 0 radical (unpaired) electrons. The normalized spacial score (nSPS) is 13.7. The Labute approximate surface area is 107 Å². The van der Waals surface area contributed by atoms with Gasteiger partial charge in [0.1, 0.15) is 0 Å². The summed E-state index contributed by atoms with van der Waals surface area (Å²) >= 11 is 0. The largest absolute Gasteiger partial charge is 0.354 e. The van der Waals surface area contributed by atoms with Crippen LogP contribution in [0.1, 0.15) is 32.1 Å². The molecule has 0 aromatic heterocycles. The van der Waals surface area contributed by atoms with Crippen LogP contribution >= 0.6 is 0 Å². The van der Waals surface area contributed by atoms with Crippen LogP contribution in [0.4, 0.5) is 0 Å². The number of carbonyl (C=O) groups is 2. The van der Waals surface area contributed by atoms with Crippen LogP contribution in [0.2, 0.25) is 0 Å². The van der Waals surface area contributed by atoms with Crippen LogP contribution in [-0.4, -0.2) is 37.5 Å². The van der Waals surface area contributed by atoms with E-state index in [9.17, 15) is 9.59 Å². The number of nitrogens with zero attached hydrogens (tertiary/aromatic N) is 1. The van der Waals surface area contributed by atoms with Gasteiger partial charge in [-0.3, -0.25) is 9.59 Å². The van der Waals surface area contributed by atoms with Gasteiger partial charge in [0.25, 0.3) is 0 Å². The molecule has 100 valence electrons. The summed E-state index contributed by atoms with van der Waals surface area (Å²) in [6, 6.07) is 2.37. The third-order valence-corrected chi connectivity index (χ3v) is 2.54. The molecule has 0 saturated heterocycles. The first-order valence-corrected chi connectivity index (χ1v) is 6.36. The minimum Gasteiger partial charge on any atom is -0.354 e. The zero-order chi connectivity index (χ0) is 13.2. The van der Waals surface area contributed by atoms with Gasteiger partial charge in [0, 0.05) is 19.0 Å². The Bertz CT molecular complexity index is 321. The maximum atomic E-state index is 11.3. The molecule has 0 bridgehead atoms. The lowest BCUT2D eigenvalue weighted by Gasteiger charge is -2.05. The molecule has 1 aliphatic rings. The van der Waals surface area contributed by atoms with E-state index in [-0.39, 0.29) is 18.4 Å². The van der Waals surface area contributed by atoms with E-state index in [2.05, 4.69) is 16.0 Å². The fourth-order valence-corrected chi connectivity index (χ4v) is 1.42. The van der Waals surface area contributed by atoms with Crippen molar-refractivity contribution in [3.8, 4) is 6.07 Å². The molecule has 1 rings (SSSR count). The molecule has 6 heteroatoms. The molecule has 0 aromatic carbocycles. The van der Waals surface area contributed by atoms with Gasteiger partial charge in [-0.05, 0) is 25.8 Å². The lowest BCUT2D eigenvalue weighted by Crippen LogP contribution is -2.35. The molecule has 1 fully saturated rings. The third kappa shape index (κ3) is 7.63. The molecule has 6 nitrogen and oxygen atoms in total. The summed E-state index contributed by atoms with van der Waals surface area (Å²) in [4.78, 5) is 22.5. The molecular weight excluding hydrogens is 232 g/mol. The van der Waals surface area contributed by atoms with Gasteiger partial charge < -0.3 is 16.0 Å². The lowest BCUT2D eigenvalue weighted by molar-refractivity contribution is -0.121. The van der Waals surface area contributed by atoms with E-state index < -0.39 is 0 Å². The number of nitrogens with one attached hydrogen (secondary N) is 3. The SMILES string of the molecule is N#CCCNC(=O)CNCCCC(=O)NC1CC1. The molecule has 0 unspecified atom stereocenters. The smallest absolute Gasteiger partial charge is 0.233 e. The van der Waals surface area contributed by atoms with Crippen LogP contribution in [0.3, 0.4) is 0 Å². The van der Waals surface area contributed by atoms with Crippen LogP contribution in [0.25, 0.3) is 0 Å². The highest BCUT2D eigenvalue weighted by molar-refractivity contribution is 5.78. The van der Waals surface area contributed by atoms with Gasteiger partial charge in [-0.1, -0.05) is 0 Å². The maximum Gasteiger partial charge on any atom is 0.233 e. The Morgan fingerprint density at radius 2 is 2.00 bits per heavy atom. The highest BCUT2D eigenvalue weighted by Crippen LogP contribution is 2.18. The maximum absolute atomic E-state index is 11.3. The summed E-state index contributed by atoms with van der Waals surface area (Å²) < 4.78 is 0. The van der Waals surface area contributed by atoms with Crippen molar-refractivity contribution >= 4 is 11.8 Å². The zero-order valence-electron chi connectivity index (χ0n) is 10.5. The first-order valence-electron chi connectivity index (χ1n) is 6.36. The Morgan fingerprint density at radius 3 is 2.67 bits per heavy atom. The van der Waals surface area contributed by atoms with Crippen molar-refractivity contribution in [3.63, 3.8) is 0 Å². The minimum atomic E-state index is -0.118. The highest BCUT2D eigenvalue weighted by atomic mass is 16.2. The second kappa shape index (κ2) is 8.48. The molecular formula is C12H20N4O2. The van der Waals surface area contributed by atoms with Gasteiger partial charge in [0.2, 0.25) is 11.8 Å². The molecule has 0 aliphatic heterocycles. The number of carbonyl (C=O) groups excluding carboxylic acids is 2. The Kier molecular flexibility index (Phi) is 6.81. The third-order valence-electron chi connectivity index (χ3n) is 2.54. The topological polar surface area (TPSA) is 94.0 Å². The Morgan fingerprint density at radius 1 is 1.22 bits per heavy atom. The summed E-state index contributed by atoms with van der Waals surface area (Å²) in [6.45, 7) is 1.26. The molecule has 0 heterocycles. The molecule has 3 N–H and O–H groups in total. The van der Waals surface area contributed by atoms with Crippen molar-refractivity contribution in [2.45, 2.75) is 38.1 Å². The molecule has 0 atom stereocenters. The fourth-order valence-electron chi connectivity index (χ4n) is 1.42. The zero-order valence-corrected chi connectivity index (χ0v) is 10.5. The summed E-state index contributed by atoms with van der Waals surface area (Å²) in [5.74, 6) is -0.0227. The van der Waals surface area contributed by atoms with Crippen LogP contribution < -0.4 is 16.0 Å². The highest BCUT2D eigenvalue weighted by Gasteiger charge is 2.22. The van der Waals surface area contributed by atoms with Gasteiger partial charge in [0.15, 0.2) is 0 Å². The van der Waals surface area contributed by atoms with E-state index in [1.807, 2.05) is 6.07 Å². The number of nitriles is 1. The molecule has 0 aromatic rings. The first-order chi connectivity index (χ1) is 8.72. The number of amides is 2. The summed E-state index contributed by atoms with van der Waals surface area (Å²) in [5.41, 5.74) is 0. The Balaban J connectivity index is 1.86. The van der Waals surface area contributed by atoms with Crippen molar-refractivity contribution in [2.24, 2.45) is 0 Å². The number of hydrogen-bond acceptors (Lipinski definition) is 4. The van der Waals surface area contributed by atoms with Crippen molar-refractivity contribution in [1.29, 1.82) is 5.26 Å². The van der Waals surface area contributed by atoms with E-state index in [0.29, 0.717) is 32.0 Å². The fraction of sp³-hybridized carbons (Fsp3) is 0.750. The second-order valence-corrected chi connectivity index (χ2v) is 4.38. The van der Waals surface area contributed by atoms with Gasteiger partial charge in [0.05, 0.1) is 19.0 Å². The lowest BCUT2D eigenvalue weighted by atomic mass is 10.3. The van der Waals surface area contributed by atoms with E-state index in [4.69, 9.17) is 5.26 Å². The van der Waals surface area contributed by atoms with Crippen molar-refractivity contribution in [1.82, 2.24) is 16.0 Å². The predicted molar refractivity (Wildman–Crippen MR) is 66.5 cm³/mol. The van der Waals surface area contributed by atoms with Gasteiger partial charge in [-0.25, -0.2) is 0 Å². The first kappa shape index (κ1) is 14.5. The van der Waals surface area contributed by atoms with Crippen molar-refractivity contribution in [2.75, 3.05) is 19.6 Å². The van der Waals surface area contributed by atoms with Crippen molar-refractivity contribution < 1.29 is 9.59 Å². The average molecular weight is 252 g/mol. The second-order valence-electron chi connectivity index (χ2n) is 4.38. The molecule has 0 spiro atoms. The van der Waals surface area contributed by atoms with Crippen LogP contribution in [0, 0.1) is 11.3 Å². The quantitative estimate of drug-likeness (QED) is 0.490. The van der Waals surface area contributed by atoms with Gasteiger partial charge in [-0.15, -0.1) is 0 Å². The monoisotopic (exact) mass is 252 g/mol. The minimum absolute atomic E-state index is 0.0952. The molecule has 1 saturated carbocycles. The van der Waals surface area contributed by atoms with Gasteiger partial charge >= 0.3 is 0 Å². The Hall–Kier alpha value is -1.61. The van der Waals surface area contributed by atoms with E-state index in [0.717, 1.165) is 19.3 Å². The summed E-state index contributed by atoms with van der Waals surface area (Å²) in [6.07, 6.45) is 3.76. The summed E-state index contributed by atoms with van der Waals surface area (Å²) in [5, 5.41) is 16.8. The van der Waals surface area contributed by atoms with Crippen molar-refractivity contribution in [3.05, 3.63) is 0 Å². The molecule has 2 amide bonds. The number of hydrogen-bond donors (Lipinski definition) is 3. The van der Waals surface area contributed by atoms with E-state index >= 15 is 0 Å². The average Bonchev–Trinajstić information content (AvgIpc) is 3.13.